The molecule has 1 amide bonds. The zero-order chi connectivity index (χ0) is 18.6. The van der Waals surface area contributed by atoms with Crippen LogP contribution in [-0.2, 0) is 14.9 Å². The molecular formula is C21H20N4O2. The minimum atomic E-state index is -0.518. The predicted molar refractivity (Wildman–Crippen MR) is 102 cm³/mol. The van der Waals surface area contributed by atoms with Crippen LogP contribution in [0.5, 0.6) is 0 Å². The van der Waals surface area contributed by atoms with Gasteiger partial charge in [-0.1, -0.05) is 6.07 Å². The maximum Gasteiger partial charge on any atom is 0.237 e. The van der Waals surface area contributed by atoms with Crippen LogP contribution >= 0.6 is 0 Å². The third-order valence-electron chi connectivity index (χ3n) is 5.51. The van der Waals surface area contributed by atoms with Gasteiger partial charge in [-0.15, -0.1) is 0 Å². The van der Waals surface area contributed by atoms with Gasteiger partial charge < -0.3 is 9.64 Å². The molecule has 0 unspecified atom stereocenters. The van der Waals surface area contributed by atoms with Gasteiger partial charge >= 0.3 is 0 Å². The third-order valence-corrected chi connectivity index (χ3v) is 5.51. The molecule has 3 aromatic rings. The van der Waals surface area contributed by atoms with E-state index in [4.69, 9.17) is 4.74 Å². The summed E-state index contributed by atoms with van der Waals surface area (Å²) < 4.78 is 7.18. The average Bonchev–Trinajstić information content (AvgIpc) is 3.20. The number of pyridine rings is 1. The number of hydrogen-bond acceptors (Lipinski definition) is 4. The first kappa shape index (κ1) is 16.2. The van der Waals surface area contributed by atoms with Crippen molar-refractivity contribution in [1.82, 2.24) is 14.8 Å². The summed E-state index contributed by atoms with van der Waals surface area (Å²) in [4.78, 5) is 19.0. The van der Waals surface area contributed by atoms with Crippen LogP contribution in [0, 0.1) is 0 Å². The highest BCUT2D eigenvalue weighted by atomic mass is 16.5. The van der Waals surface area contributed by atoms with Crippen LogP contribution in [0.15, 0.2) is 55.1 Å². The number of hydrogen-bond donors (Lipinski definition) is 0. The number of rotatable bonds is 3. The van der Waals surface area contributed by atoms with E-state index in [2.05, 4.69) is 22.2 Å². The summed E-state index contributed by atoms with van der Waals surface area (Å²) in [7, 11) is 0. The van der Waals surface area contributed by atoms with Gasteiger partial charge in [0, 0.05) is 24.2 Å². The van der Waals surface area contributed by atoms with Gasteiger partial charge in [0.2, 0.25) is 5.91 Å². The first-order valence-corrected chi connectivity index (χ1v) is 9.07. The lowest BCUT2D eigenvalue weighted by Crippen LogP contribution is -2.52. The SMILES string of the molecule is CC1(C)C(=O)N(C2COC2)c2cc(-n3cc(-c4ccncc4)cn3)ccc21. The number of anilines is 1. The molecule has 0 N–H and O–H groups in total. The van der Waals surface area contributed by atoms with Crippen molar-refractivity contribution in [2.75, 3.05) is 18.1 Å². The molecule has 1 aromatic carbocycles. The molecule has 0 saturated carbocycles. The predicted octanol–water partition coefficient (Wildman–Crippen LogP) is 2.96. The molecule has 2 aliphatic rings. The van der Waals surface area contributed by atoms with Crippen molar-refractivity contribution in [2.45, 2.75) is 25.3 Å². The number of aromatic nitrogens is 3. The first-order valence-electron chi connectivity index (χ1n) is 9.07. The quantitative estimate of drug-likeness (QED) is 0.720. The molecule has 1 fully saturated rings. The Labute approximate surface area is 157 Å². The second-order valence-corrected chi connectivity index (χ2v) is 7.60. The zero-order valence-corrected chi connectivity index (χ0v) is 15.3. The minimum Gasteiger partial charge on any atom is -0.377 e. The van der Waals surface area contributed by atoms with E-state index in [1.807, 2.05) is 54.0 Å². The van der Waals surface area contributed by atoms with Gasteiger partial charge in [-0.25, -0.2) is 4.68 Å². The van der Waals surface area contributed by atoms with Crippen molar-refractivity contribution in [3.8, 4) is 16.8 Å². The molecule has 0 atom stereocenters. The fourth-order valence-corrected chi connectivity index (χ4v) is 3.81. The second-order valence-electron chi connectivity index (χ2n) is 7.60. The molecule has 2 aliphatic heterocycles. The largest absolute Gasteiger partial charge is 0.377 e. The highest BCUT2D eigenvalue weighted by Gasteiger charge is 2.48. The van der Waals surface area contributed by atoms with Gasteiger partial charge in [0.1, 0.15) is 0 Å². The average molecular weight is 360 g/mol. The minimum absolute atomic E-state index is 0.123. The molecule has 27 heavy (non-hydrogen) atoms. The van der Waals surface area contributed by atoms with E-state index in [0.717, 1.165) is 28.1 Å². The van der Waals surface area contributed by atoms with E-state index in [0.29, 0.717) is 13.2 Å². The van der Waals surface area contributed by atoms with Gasteiger partial charge in [0.15, 0.2) is 0 Å². The highest BCUT2D eigenvalue weighted by Crippen LogP contribution is 2.44. The summed E-state index contributed by atoms with van der Waals surface area (Å²) in [6, 6.07) is 10.2. The lowest BCUT2D eigenvalue weighted by atomic mass is 9.86. The summed E-state index contributed by atoms with van der Waals surface area (Å²) in [5, 5.41) is 4.52. The van der Waals surface area contributed by atoms with Crippen LogP contribution in [0.1, 0.15) is 19.4 Å². The van der Waals surface area contributed by atoms with Gasteiger partial charge in [-0.05, 0) is 49.2 Å². The number of carbonyl (C=O) groups excluding carboxylic acids is 1. The fourth-order valence-electron chi connectivity index (χ4n) is 3.81. The van der Waals surface area contributed by atoms with E-state index < -0.39 is 5.41 Å². The lowest BCUT2D eigenvalue weighted by Gasteiger charge is -2.35. The number of fused-ring (bicyclic) bond motifs is 1. The molecule has 1 saturated heterocycles. The van der Waals surface area contributed by atoms with Crippen LogP contribution < -0.4 is 4.90 Å². The van der Waals surface area contributed by atoms with E-state index in [9.17, 15) is 4.79 Å². The number of amides is 1. The molecule has 136 valence electrons. The number of benzene rings is 1. The number of carbonyl (C=O) groups is 1. The molecule has 2 aromatic heterocycles. The van der Waals surface area contributed by atoms with Crippen molar-refractivity contribution >= 4 is 11.6 Å². The van der Waals surface area contributed by atoms with E-state index >= 15 is 0 Å². The Balaban J connectivity index is 1.56. The maximum absolute atomic E-state index is 13.0. The van der Waals surface area contributed by atoms with Gasteiger partial charge in [0.05, 0.1) is 42.2 Å². The summed E-state index contributed by atoms with van der Waals surface area (Å²) in [6.45, 7) is 5.17. The fraction of sp³-hybridized carbons (Fsp3) is 0.286. The highest BCUT2D eigenvalue weighted by molar-refractivity contribution is 6.08. The van der Waals surface area contributed by atoms with Crippen LogP contribution in [0.2, 0.25) is 0 Å². The van der Waals surface area contributed by atoms with E-state index in [-0.39, 0.29) is 11.9 Å². The number of nitrogens with zero attached hydrogens (tertiary/aromatic N) is 4. The monoisotopic (exact) mass is 360 g/mol. The molecule has 4 heterocycles. The van der Waals surface area contributed by atoms with Crippen LogP contribution in [0.25, 0.3) is 16.8 Å². The van der Waals surface area contributed by atoms with Crippen molar-refractivity contribution in [2.24, 2.45) is 0 Å². The summed E-state index contributed by atoms with van der Waals surface area (Å²) in [6.07, 6.45) is 7.38. The molecule has 0 spiro atoms. The van der Waals surface area contributed by atoms with E-state index in [1.54, 1.807) is 12.4 Å². The Hall–Kier alpha value is -2.99. The second kappa shape index (κ2) is 5.76. The Morgan fingerprint density at radius 1 is 1.11 bits per heavy atom. The van der Waals surface area contributed by atoms with Crippen LogP contribution in [0.4, 0.5) is 5.69 Å². The maximum atomic E-state index is 13.0. The Morgan fingerprint density at radius 2 is 1.89 bits per heavy atom. The smallest absolute Gasteiger partial charge is 0.237 e. The molecule has 0 aliphatic carbocycles. The van der Waals surface area contributed by atoms with Crippen molar-refractivity contribution in [3.05, 3.63) is 60.7 Å². The topological polar surface area (TPSA) is 60.2 Å². The van der Waals surface area contributed by atoms with Gasteiger partial charge in [0.25, 0.3) is 0 Å². The van der Waals surface area contributed by atoms with Gasteiger partial charge in [-0.3, -0.25) is 9.78 Å². The Morgan fingerprint density at radius 3 is 2.59 bits per heavy atom. The molecular weight excluding hydrogens is 340 g/mol. The van der Waals surface area contributed by atoms with Crippen molar-refractivity contribution in [3.63, 3.8) is 0 Å². The van der Waals surface area contributed by atoms with Crippen LogP contribution in [0.3, 0.4) is 0 Å². The molecule has 5 rings (SSSR count). The Bertz CT molecular complexity index is 1020. The standard InChI is InChI=1S/C21H20N4O2/c1-21(2)18-4-3-16(9-19(18)25(20(21)26)17-12-27-13-17)24-11-15(10-23-24)14-5-7-22-8-6-14/h3-11,17H,12-13H2,1-2H3. The van der Waals surface area contributed by atoms with Crippen molar-refractivity contribution < 1.29 is 9.53 Å². The number of ether oxygens (including phenoxy) is 1. The summed E-state index contributed by atoms with van der Waals surface area (Å²) in [5.41, 5.74) is 4.54. The van der Waals surface area contributed by atoms with Gasteiger partial charge in [-0.2, -0.15) is 5.10 Å². The first-order chi connectivity index (χ1) is 13.1. The Kier molecular flexibility index (Phi) is 3.45. The normalized spacial score (nSPS) is 18.4. The zero-order valence-electron chi connectivity index (χ0n) is 15.3. The van der Waals surface area contributed by atoms with E-state index in [1.165, 1.54) is 0 Å². The molecule has 0 bridgehead atoms. The summed E-state index contributed by atoms with van der Waals surface area (Å²) in [5.74, 6) is 0.140. The summed E-state index contributed by atoms with van der Waals surface area (Å²) >= 11 is 0. The third kappa shape index (κ3) is 2.40. The molecule has 6 nitrogen and oxygen atoms in total. The lowest BCUT2D eigenvalue weighted by molar-refractivity contribution is -0.124. The van der Waals surface area contributed by atoms with Crippen molar-refractivity contribution in [1.29, 1.82) is 0 Å². The van der Waals surface area contributed by atoms with Crippen LogP contribution in [-0.4, -0.2) is 39.9 Å². The molecule has 0 radical (unpaired) electrons. The molecule has 6 heteroatoms.